The van der Waals surface area contributed by atoms with E-state index in [4.69, 9.17) is 9.47 Å². The van der Waals surface area contributed by atoms with Crippen LogP contribution in [0.4, 0.5) is 0 Å². The third-order valence-electron chi connectivity index (χ3n) is 1.88. The Kier molecular flexibility index (Phi) is 4.79. The van der Waals surface area contributed by atoms with Crippen LogP contribution in [0.15, 0.2) is 22.7 Å². The van der Waals surface area contributed by atoms with Gasteiger partial charge in [-0.25, -0.2) is 4.79 Å². The lowest BCUT2D eigenvalue weighted by molar-refractivity contribution is 0.00688. The summed E-state index contributed by atoms with van der Waals surface area (Å²) in [4.78, 5) is 12.0. The first-order valence-electron chi connectivity index (χ1n) is 5.88. The second-order valence-corrected chi connectivity index (χ2v) is 6.26. The molecule has 0 unspecified atom stereocenters. The average Bonchev–Trinajstić information content (AvgIpc) is 2.12. The van der Waals surface area contributed by atoms with Gasteiger partial charge in [0.15, 0.2) is 0 Å². The fraction of sp³-hybridized carbons (Fsp3) is 0.500. The maximum atomic E-state index is 12.0. The average molecular weight is 315 g/mol. The molecule has 4 heteroatoms. The van der Waals surface area contributed by atoms with Crippen LogP contribution in [0.3, 0.4) is 0 Å². The smallest absolute Gasteiger partial charge is 0.338 e. The molecule has 0 bridgehead atoms. The van der Waals surface area contributed by atoms with Gasteiger partial charge in [-0.15, -0.1) is 0 Å². The van der Waals surface area contributed by atoms with Crippen LogP contribution in [0.25, 0.3) is 0 Å². The van der Waals surface area contributed by atoms with Crippen molar-refractivity contribution >= 4 is 21.9 Å². The molecule has 0 aliphatic heterocycles. The van der Waals surface area contributed by atoms with Gasteiger partial charge in [-0.2, -0.15) is 0 Å². The highest BCUT2D eigenvalue weighted by Crippen LogP contribution is 2.24. The minimum absolute atomic E-state index is 0.0609. The second-order valence-electron chi connectivity index (χ2n) is 5.34. The van der Waals surface area contributed by atoms with E-state index in [1.54, 1.807) is 12.1 Å². The molecule has 1 rings (SSSR count). The predicted octanol–water partition coefficient (Wildman–Crippen LogP) is 4.19. The highest BCUT2D eigenvalue weighted by Gasteiger charge is 2.19. The molecule has 0 spiro atoms. The van der Waals surface area contributed by atoms with Crippen LogP contribution in [0.1, 0.15) is 45.0 Å². The van der Waals surface area contributed by atoms with Gasteiger partial charge < -0.3 is 9.47 Å². The molecule has 18 heavy (non-hydrogen) atoms. The Labute approximate surface area is 117 Å². The number of rotatable bonds is 3. The van der Waals surface area contributed by atoms with Crippen LogP contribution in [-0.2, 0) is 4.74 Å². The maximum absolute atomic E-state index is 12.0. The first kappa shape index (κ1) is 15.0. The van der Waals surface area contributed by atoms with Crippen molar-refractivity contribution in [2.45, 2.75) is 46.3 Å². The van der Waals surface area contributed by atoms with Crippen molar-refractivity contribution in [3.05, 3.63) is 28.2 Å². The van der Waals surface area contributed by atoms with E-state index in [-0.39, 0.29) is 12.1 Å². The zero-order valence-corrected chi connectivity index (χ0v) is 13.0. The summed E-state index contributed by atoms with van der Waals surface area (Å²) in [6.45, 7) is 9.40. The molecule has 100 valence electrons. The molecule has 0 heterocycles. The standard InChI is InChI=1S/C14H19BrO3/c1-9(2)17-12-7-10(6-11(15)8-12)13(16)18-14(3,4)5/h6-9H,1-5H3. The Morgan fingerprint density at radius 3 is 2.33 bits per heavy atom. The van der Waals surface area contributed by atoms with Crippen molar-refractivity contribution in [1.29, 1.82) is 0 Å². The largest absolute Gasteiger partial charge is 0.491 e. The Morgan fingerprint density at radius 1 is 1.22 bits per heavy atom. The summed E-state index contributed by atoms with van der Waals surface area (Å²) >= 11 is 3.36. The van der Waals surface area contributed by atoms with Gasteiger partial charge in [0.05, 0.1) is 11.7 Å². The predicted molar refractivity (Wildman–Crippen MR) is 75.1 cm³/mol. The van der Waals surface area contributed by atoms with Gasteiger partial charge in [0.25, 0.3) is 0 Å². The molecule has 0 radical (unpaired) electrons. The number of hydrogen-bond acceptors (Lipinski definition) is 3. The zero-order valence-electron chi connectivity index (χ0n) is 11.4. The Bertz CT molecular complexity index is 433. The van der Waals surface area contributed by atoms with Crippen molar-refractivity contribution in [2.75, 3.05) is 0 Å². The van der Waals surface area contributed by atoms with Gasteiger partial charge >= 0.3 is 5.97 Å². The van der Waals surface area contributed by atoms with Gasteiger partial charge in [-0.05, 0) is 52.8 Å². The number of esters is 1. The van der Waals surface area contributed by atoms with Gasteiger partial charge in [0.2, 0.25) is 0 Å². The SMILES string of the molecule is CC(C)Oc1cc(Br)cc(C(=O)OC(C)(C)C)c1. The number of carbonyl (C=O) groups excluding carboxylic acids is 1. The lowest BCUT2D eigenvalue weighted by atomic mass is 10.1. The van der Waals surface area contributed by atoms with Crippen LogP contribution < -0.4 is 4.74 Å². The first-order valence-corrected chi connectivity index (χ1v) is 6.67. The molecule has 1 aromatic rings. The summed E-state index contributed by atoms with van der Waals surface area (Å²) in [5, 5.41) is 0. The second kappa shape index (κ2) is 5.74. The van der Waals surface area contributed by atoms with E-state index in [2.05, 4.69) is 15.9 Å². The van der Waals surface area contributed by atoms with E-state index in [0.717, 1.165) is 4.47 Å². The van der Waals surface area contributed by atoms with Crippen molar-refractivity contribution in [2.24, 2.45) is 0 Å². The monoisotopic (exact) mass is 314 g/mol. The van der Waals surface area contributed by atoms with Gasteiger partial charge in [0.1, 0.15) is 11.4 Å². The molecule has 0 saturated heterocycles. The van der Waals surface area contributed by atoms with Crippen molar-refractivity contribution in [3.63, 3.8) is 0 Å². The Balaban J connectivity index is 2.95. The molecule has 0 N–H and O–H groups in total. The topological polar surface area (TPSA) is 35.5 Å². The quantitative estimate of drug-likeness (QED) is 0.785. The molecule has 3 nitrogen and oxygen atoms in total. The number of carbonyl (C=O) groups is 1. The lowest BCUT2D eigenvalue weighted by Gasteiger charge is -2.20. The number of halogens is 1. The molecular weight excluding hydrogens is 296 g/mol. The summed E-state index contributed by atoms with van der Waals surface area (Å²) < 4.78 is 11.7. The summed E-state index contributed by atoms with van der Waals surface area (Å²) in [5.74, 6) is 0.303. The van der Waals surface area contributed by atoms with Crippen LogP contribution >= 0.6 is 15.9 Å². The van der Waals surface area contributed by atoms with Crippen molar-refractivity contribution in [3.8, 4) is 5.75 Å². The van der Waals surface area contributed by atoms with Gasteiger partial charge in [0, 0.05) is 4.47 Å². The highest BCUT2D eigenvalue weighted by atomic mass is 79.9. The fourth-order valence-corrected chi connectivity index (χ4v) is 1.83. The molecule has 0 fully saturated rings. The van der Waals surface area contributed by atoms with E-state index in [9.17, 15) is 4.79 Å². The minimum atomic E-state index is -0.502. The molecule has 0 aliphatic rings. The number of ether oxygens (including phenoxy) is 2. The Hall–Kier alpha value is -1.03. The molecule has 0 aromatic heterocycles. The molecule has 0 atom stereocenters. The van der Waals surface area contributed by atoms with E-state index in [1.807, 2.05) is 40.7 Å². The Morgan fingerprint density at radius 2 is 1.83 bits per heavy atom. The summed E-state index contributed by atoms with van der Waals surface area (Å²) in [6.07, 6.45) is 0.0609. The van der Waals surface area contributed by atoms with Gasteiger partial charge in [-0.3, -0.25) is 0 Å². The summed E-state index contributed by atoms with van der Waals surface area (Å²) in [5.41, 5.74) is -0.0201. The van der Waals surface area contributed by atoms with Crippen LogP contribution in [0, 0.1) is 0 Å². The van der Waals surface area contributed by atoms with Crippen LogP contribution in [-0.4, -0.2) is 17.7 Å². The van der Waals surface area contributed by atoms with E-state index >= 15 is 0 Å². The lowest BCUT2D eigenvalue weighted by Crippen LogP contribution is -2.24. The summed E-state index contributed by atoms with van der Waals surface area (Å²) in [6, 6.07) is 5.24. The molecule has 1 aromatic carbocycles. The zero-order chi connectivity index (χ0) is 13.9. The van der Waals surface area contributed by atoms with Crippen molar-refractivity contribution < 1.29 is 14.3 Å². The van der Waals surface area contributed by atoms with Crippen LogP contribution in [0.2, 0.25) is 0 Å². The maximum Gasteiger partial charge on any atom is 0.338 e. The van der Waals surface area contributed by atoms with E-state index in [0.29, 0.717) is 11.3 Å². The number of hydrogen-bond donors (Lipinski definition) is 0. The first-order chi connectivity index (χ1) is 8.17. The minimum Gasteiger partial charge on any atom is -0.491 e. The molecule has 0 saturated carbocycles. The van der Waals surface area contributed by atoms with Crippen molar-refractivity contribution in [1.82, 2.24) is 0 Å². The third kappa shape index (κ3) is 5.08. The number of benzene rings is 1. The van der Waals surface area contributed by atoms with E-state index < -0.39 is 5.60 Å². The summed E-state index contributed by atoms with van der Waals surface area (Å²) in [7, 11) is 0. The molecular formula is C14H19BrO3. The molecule has 0 aliphatic carbocycles. The normalized spacial score (nSPS) is 11.5. The van der Waals surface area contributed by atoms with Gasteiger partial charge in [-0.1, -0.05) is 15.9 Å². The fourth-order valence-electron chi connectivity index (χ4n) is 1.36. The van der Waals surface area contributed by atoms with Crippen LogP contribution in [0.5, 0.6) is 5.75 Å². The molecule has 0 amide bonds. The van der Waals surface area contributed by atoms with E-state index in [1.165, 1.54) is 0 Å². The third-order valence-corrected chi connectivity index (χ3v) is 2.34. The highest BCUT2D eigenvalue weighted by molar-refractivity contribution is 9.10.